The highest BCUT2D eigenvalue weighted by atomic mass is 35.5. The van der Waals surface area contributed by atoms with Gasteiger partial charge in [0.15, 0.2) is 0 Å². The lowest BCUT2D eigenvalue weighted by molar-refractivity contribution is -0.122. The Hall–Kier alpha value is -0.720. The van der Waals surface area contributed by atoms with Crippen molar-refractivity contribution in [3.63, 3.8) is 0 Å². The van der Waals surface area contributed by atoms with Crippen LogP contribution in [0.15, 0.2) is 0 Å². The van der Waals surface area contributed by atoms with Crippen LogP contribution in [0.3, 0.4) is 0 Å². The molecule has 7 heteroatoms. The molecule has 2 N–H and O–H groups in total. The van der Waals surface area contributed by atoms with E-state index in [1.165, 1.54) is 0 Å². The number of carbonyl (C=O) groups excluding carboxylic acids is 1. The number of likely N-dealkylation sites (tertiary alicyclic amines) is 1. The van der Waals surface area contributed by atoms with E-state index in [0.29, 0.717) is 10.9 Å². The molecule has 0 radical (unpaired) electrons. The van der Waals surface area contributed by atoms with E-state index >= 15 is 0 Å². The number of rotatable bonds is 3. The molecule has 5 nitrogen and oxygen atoms in total. The summed E-state index contributed by atoms with van der Waals surface area (Å²) in [4.78, 5) is 13.1. The second kappa shape index (κ2) is 4.42. The summed E-state index contributed by atoms with van der Waals surface area (Å²) in [6.45, 7) is 1.42. The molecule has 1 atom stereocenters. The summed E-state index contributed by atoms with van der Waals surface area (Å²) in [5.74, 6) is -0.271. The molecule has 1 saturated heterocycles. The van der Waals surface area contributed by atoms with Gasteiger partial charge in [-0.25, -0.2) is 0 Å². The lowest BCUT2D eigenvalue weighted by Crippen LogP contribution is -2.39. The van der Waals surface area contributed by atoms with Crippen molar-refractivity contribution in [3.8, 4) is 0 Å². The quantitative estimate of drug-likeness (QED) is 0.850. The number of nitrogens with zero attached hydrogens (tertiary/aromatic N) is 3. The van der Waals surface area contributed by atoms with Gasteiger partial charge >= 0.3 is 0 Å². The van der Waals surface area contributed by atoms with Gasteiger partial charge in [-0.15, -0.1) is 5.10 Å². The van der Waals surface area contributed by atoms with E-state index in [4.69, 9.17) is 17.3 Å². The minimum Gasteiger partial charge on any atom is -0.368 e. The summed E-state index contributed by atoms with van der Waals surface area (Å²) in [6.07, 6.45) is 1.81. The monoisotopic (exact) mass is 246 g/mol. The van der Waals surface area contributed by atoms with E-state index in [1.807, 2.05) is 4.90 Å². The summed E-state index contributed by atoms with van der Waals surface area (Å²) in [7, 11) is 0. The van der Waals surface area contributed by atoms with Crippen molar-refractivity contribution in [3.05, 3.63) is 10.0 Å². The molecular formula is C8H11ClN4OS. The van der Waals surface area contributed by atoms with Crippen molar-refractivity contribution in [2.45, 2.75) is 25.4 Å². The maximum atomic E-state index is 11.1. The largest absolute Gasteiger partial charge is 0.368 e. The normalized spacial score (nSPS) is 22.1. The second-order valence-corrected chi connectivity index (χ2v) is 4.88. The first-order chi connectivity index (χ1) is 7.18. The van der Waals surface area contributed by atoms with Crippen LogP contribution in [0.1, 0.15) is 18.5 Å². The number of hydrogen-bond acceptors (Lipinski definition) is 5. The highest BCUT2D eigenvalue weighted by molar-refractivity contribution is 7.10. The van der Waals surface area contributed by atoms with Gasteiger partial charge in [-0.1, -0.05) is 16.1 Å². The first-order valence-electron chi connectivity index (χ1n) is 4.68. The van der Waals surface area contributed by atoms with E-state index in [9.17, 15) is 4.79 Å². The van der Waals surface area contributed by atoms with Gasteiger partial charge in [0.05, 0.1) is 6.04 Å². The Kier molecular flexibility index (Phi) is 3.18. The lowest BCUT2D eigenvalue weighted by atomic mass is 10.2. The molecule has 15 heavy (non-hydrogen) atoms. The minimum absolute atomic E-state index is 0.178. The fourth-order valence-corrected chi connectivity index (χ4v) is 2.43. The van der Waals surface area contributed by atoms with E-state index in [2.05, 4.69) is 9.59 Å². The zero-order valence-corrected chi connectivity index (χ0v) is 9.59. The maximum Gasteiger partial charge on any atom is 0.234 e. The molecule has 1 amide bonds. The zero-order valence-electron chi connectivity index (χ0n) is 8.02. The van der Waals surface area contributed by atoms with Gasteiger partial charge in [0.2, 0.25) is 5.91 Å². The third-order valence-electron chi connectivity index (χ3n) is 2.55. The van der Waals surface area contributed by atoms with Gasteiger partial charge in [0, 0.05) is 18.1 Å². The van der Waals surface area contributed by atoms with Crippen LogP contribution in [0.4, 0.5) is 0 Å². The molecule has 0 bridgehead atoms. The molecule has 0 spiro atoms. The van der Waals surface area contributed by atoms with Gasteiger partial charge in [0.1, 0.15) is 10.0 Å². The predicted octanol–water partition coefficient (Wildman–Crippen LogP) is 0.641. The Balaban J connectivity index is 2.06. The highest BCUT2D eigenvalue weighted by Crippen LogP contribution is 2.23. The van der Waals surface area contributed by atoms with E-state index in [-0.39, 0.29) is 11.9 Å². The number of primary amides is 1. The van der Waals surface area contributed by atoms with Crippen molar-refractivity contribution < 1.29 is 4.79 Å². The first kappa shape index (κ1) is 10.8. The van der Waals surface area contributed by atoms with Gasteiger partial charge in [-0.2, -0.15) is 0 Å². The Bertz CT molecular complexity index is 369. The number of aromatic nitrogens is 2. The van der Waals surface area contributed by atoms with Crippen molar-refractivity contribution in [1.82, 2.24) is 14.5 Å². The SMILES string of the molecule is NC(=O)C1CCCN1Cc1nnsc1Cl. The van der Waals surface area contributed by atoms with E-state index in [1.54, 1.807) is 0 Å². The number of hydrogen-bond donors (Lipinski definition) is 1. The molecule has 2 heterocycles. The van der Waals surface area contributed by atoms with Crippen molar-refractivity contribution in [2.75, 3.05) is 6.54 Å². The highest BCUT2D eigenvalue weighted by Gasteiger charge is 2.29. The number of carbonyl (C=O) groups is 1. The molecule has 2 rings (SSSR count). The van der Waals surface area contributed by atoms with Crippen molar-refractivity contribution in [1.29, 1.82) is 0 Å². The topological polar surface area (TPSA) is 72.1 Å². The fraction of sp³-hybridized carbons (Fsp3) is 0.625. The number of nitrogens with two attached hydrogens (primary N) is 1. The number of halogens is 1. The van der Waals surface area contributed by atoms with E-state index in [0.717, 1.165) is 36.6 Å². The Morgan fingerprint density at radius 1 is 1.73 bits per heavy atom. The lowest BCUT2D eigenvalue weighted by Gasteiger charge is -2.20. The molecular weight excluding hydrogens is 236 g/mol. The molecule has 1 aromatic rings. The fourth-order valence-electron chi connectivity index (χ4n) is 1.82. The van der Waals surface area contributed by atoms with Gasteiger partial charge in [0.25, 0.3) is 0 Å². The van der Waals surface area contributed by atoms with Crippen LogP contribution < -0.4 is 5.73 Å². The maximum absolute atomic E-state index is 11.1. The molecule has 0 aliphatic carbocycles. The van der Waals surface area contributed by atoms with Crippen LogP contribution in [0.2, 0.25) is 4.34 Å². The summed E-state index contributed by atoms with van der Waals surface area (Å²) >= 11 is 7.06. The van der Waals surface area contributed by atoms with Crippen LogP contribution in [-0.4, -0.2) is 33.0 Å². The van der Waals surface area contributed by atoms with Crippen molar-refractivity contribution in [2.24, 2.45) is 5.73 Å². The molecule has 1 fully saturated rings. The van der Waals surface area contributed by atoms with Crippen LogP contribution in [0.5, 0.6) is 0 Å². The summed E-state index contributed by atoms with van der Waals surface area (Å²) in [5.41, 5.74) is 6.04. The van der Waals surface area contributed by atoms with Crippen LogP contribution in [-0.2, 0) is 11.3 Å². The molecule has 1 aliphatic heterocycles. The standard InChI is InChI=1S/C8H11ClN4OS/c9-7-5(11-12-15-7)4-13-3-1-2-6(13)8(10)14/h6H,1-4H2,(H2,10,14). The zero-order chi connectivity index (χ0) is 10.8. The summed E-state index contributed by atoms with van der Waals surface area (Å²) in [6, 6.07) is -0.178. The van der Waals surface area contributed by atoms with Crippen LogP contribution in [0.25, 0.3) is 0 Å². The van der Waals surface area contributed by atoms with Gasteiger partial charge in [-0.3, -0.25) is 9.69 Å². The molecule has 1 aliphatic rings. The summed E-state index contributed by atoms with van der Waals surface area (Å²) in [5, 5.41) is 3.92. The Morgan fingerprint density at radius 3 is 3.13 bits per heavy atom. The molecule has 1 unspecified atom stereocenters. The molecule has 1 aromatic heterocycles. The average molecular weight is 247 g/mol. The molecule has 82 valence electrons. The molecule has 0 aromatic carbocycles. The smallest absolute Gasteiger partial charge is 0.234 e. The second-order valence-electron chi connectivity index (χ2n) is 3.52. The summed E-state index contributed by atoms with van der Waals surface area (Å²) < 4.78 is 4.34. The average Bonchev–Trinajstić information content (AvgIpc) is 2.77. The predicted molar refractivity (Wildman–Crippen MR) is 57.5 cm³/mol. The van der Waals surface area contributed by atoms with Gasteiger partial charge < -0.3 is 5.73 Å². The third-order valence-corrected chi connectivity index (χ3v) is 3.54. The van der Waals surface area contributed by atoms with Gasteiger partial charge in [-0.05, 0) is 19.4 Å². The van der Waals surface area contributed by atoms with Crippen LogP contribution in [0, 0.1) is 0 Å². The Labute approximate surface area is 96.4 Å². The minimum atomic E-state index is -0.271. The van der Waals surface area contributed by atoms with Crippen molar-refractivity contribution >= 4 is 29.0 Å². The Morgan fingerprint density at radius 2 is 2.53 bits per heavy atom. The van der Waals surface area contributed by atoms with Crippen LogP contribution >= 0.6 is 23.1 Å². The molecule has 0 saturated carbocycles. The first-order valence-corrected chi connectivity index (χ1v) is 5.83. The van der Waals surface area contributed by atoms with E-state index < -0.39 is 0 Å². The third kappa shape index (κ3) is 2.27. The number of amides is 1.